The number of aromatic nitrogens is 4. The molecule has 2 unspecified atom stereocenters. The third-order valence-corrected chi connectivity index (χ3v) is 3.75. The molecule has 100 valence electrons. The van der Waals surface area contributed by atoms with E-state index in [1.165, 1.54) is 0 Å². The average Bonchev–Trinajstić information content (AvgIpc) is 2.72. The van der Waals surface area contributed by atoms with Gasteiger partial charge in [0.1, 0.15) is 17.8 Å². The molecule has 19 heavy (non-hydrogen) atoms. The van der Waals surface area contributed by atoms with Gasteiger partial charge in [-0.25, -0.2) is 0 Å². The molecule has 0 amide bonds. The van der Waals surface area contributed by atoms with E-state index in [1.54, 1.807) is 0 Å². The molecule has 0 spiro atoms. The summed E-state index contributed by atoms with van der Waals surface area (Å²) >= 11 is 0. The van der Waals surface area contributed by atoms with Gasteiger partial charge in [0.05, 0.1) is 12.1 Å². The molecular weight excluding hydrogens is 248 g/mol. The fourth-order valence-corrected chi connectivity index (χ4v) is 2.83. The molecule has 0 radical (unpaired) electrons. The molecule has 2 aromatic heterocycles. The summed E-state index contributed by atoms with van der Waals surface area (Å²) in [5, 5.41) is 17.5. The number of fused-ring (bicyclic) bond motifs is 2. The first-order valence-electron chi connectivity index (χ1n) is 6.31. The van der Waals surface area contributed by atoms with Gasteiger partial charge in [-0.15, -0.1) is 5.10 Å². The van der Waals surface area contributed by atoms with Crippen molar-refractivity contribution < 1.29 is 9.84 Å². The molecule has 2 atom stereocenters. The van der Waals surface area contributed by atoms with Crippen LogP contribution in [0.3, 0.4) is 0 Å². The van der Waals surface area contributed by atoms with Gasteiger partial charge >= 0.3 is 0 Å². The Hall–Kier alpha value is -2.09. The first kappa shape index (κ1) is 10.8. The van der Waals surface area contributed by atoms with E-state index < -0.39 is 0 Å². The lowest BCUT2D eigenvalue weighted by Gasteiger charge is -2.37. The molecule has 8 heteroatoms. The Kier molecular flexibility index (Phi) is 2.10. The Morgan fingerprint density at radius 2 is 2.26 bits per heavy atom. The van der Waals surface area contributed by atoms with Crippen LogP contribution in [0.4, 0.5) is 11.8 Å². The molecule has 0 aromatic carbocycles. The van der Waals surface area contributed by atoms with Crippen LogP contribution in [0.5, 0.6) is 5.88 Å². The first-order chi connectivity index (χ1) is 9.22. The molecule has 0 saturated carbocycles. The summed E-state index contributed by atoms with van der Waals surface area (Å²) in [5.41, 5.74) is 6.31. The number of nitrogens with one attached hydrogen (secondary N) is 1. The zero-order valence-electron chi connectivity index (χ0n) is 10.2. The highest BCUT2D eigenvalue weighted by molar-refractivity contribution is 5.93. The van der Waals surface area contributed by atoms with Crippen molar-refractivity contribution >= 4 is 22.8 Å². The summed E-state index contributed by atoms with van der Waals surface area (Å²) in [5.74, 6) is 1.40. The maximum Gasteiger partial charge on any atom is 0.246 e. The van der Waals surface area contributed by atoms with Crippen molar-refractivity contribution in [1.82, 2.24) is 20.2 Å². The molecule has 2 aliphatic heterocycles. The summed E-state index contributed by atoms with van der Waals surface area (Å²) in [6.07, 6.45) is 1.29. The van der Waals surface area contributed by atoms with Gasteiger partial charge in [-0.05, 0) is 12.8 Å². The number of H-pyrrole nitrogens is 1. The Bertz CT molecular complexity index is 641. The molecule has 1 saturated heterocycles. The Morgan fingerprint density at radius 1 is 1.37 bits per heavy atom. The topological polar surface area (TPSA) is 113 Å². The largest absolute Gasteiger partial charge is 0.474 e. The number of aromatic amines is 1. The van der Waals surface area contributed by atoms with Crippen molar-refractivity contribution in [2.24, 2.45) is 0 Å². The van der Waals surface area contributed by atoms with E-state index in [0.29, 0.717) is 30.5 Å². The van der Waals surface area contributed by atoms with E-state index in [2.05, 4.69) is 25.1 Å². The molecule has 2 aliphatic rings. The number of rotatable bonds is 0. The van der Waals surface area contributed by atoms with Crippen LogP contribution >= 0.6 is 0 Å². The van der Waals surface area contributed by atoms with Crippen LogP contribution in [0.2, 0.25) is 0 Å². The molecule has 1 fully saturated rings. The number of aliphatic hydroxyl groups excluding tert-OH is 1. The van der Waals surface area contributed by atoms with E-state index in [9.17, 15) is 5.11 Å². The van der Waals surface area contributed by atoms with Crippen LogP contribution < -0.4 is 15.4 Å². The Balaban J connectivity index is 1.94. The lowest BCUT2D eigenvalue weighted by molar-refractivity contribution is 0.130. The van der Waals surface area contributed by atoms with Crippen molar-refractivity contribution in [1.29, 1.82) is 0 Å². The maximum absolute atomic E-state index is 9.88. The molecule has 0 aliphatic carbocycles. The van der Waals surface area contributed by atoms with E-state index in [0.717, 1.165) is 18.2 Å². The monoisotopic (exact) mass is 262 g/mol. The quantitative estimate of drug-likeness (QED) is 0.595. The highest BCUT2D eigenvalue weighted by atomic mass is 16.5. The van der Waals surface area contributed by atoms with E-state index in [4.69, 9.17) is 10.5 Å². The van der Waals surface area contributed by atoms with Crippen LogP contribution in [0.25, 0.3) is 11.0 Å². The van der Waals surface area contributed by atoms with Gasteiger partial charge in [0.2, 0.25) is 11.8 Å². The van der Waals surface area contributed by atoms with Gasteiger partial charge in [-0.3, -0.25) is 5.10 Å². The van der Waals surface area contributed by atoms with Gasteiger partial charge in [0.15, 0.2) is 5.65 Å². The summed E-state index contributed by atoms with van der Waals surface area (Å²) < 4.78 is 5.72. The highest BCUT2D eigenvalue weighted by Crippen LogP contribution is 2.37. The van der Waals surface area contributed by atoms with Gasteiger partial charge in [-0.2, -0.15) is 9.97 Å². The normalized spacial score (nSPS) is 25.8. The van der Waals surface area contributed by atoms with Crippen molar-refractivity contribution in [3.63, 3.8) is 0 Å². The molecule has 0 bridgehead atoms. The van der Waals surface area contributed by atoms with Crippen molar-refractivity contribution in [3.05, 3.63) is 0 Å². The SMILES string of the molecule is Nc1nc2c3c(n[nH]c3n1)OCC1CCC(O)CN21. The van der Waals surface area contributed by atoms with Crippen LogP contribution in [0.15, 0.2) is 0 Å². The number of nitrogen functional groups attached to an aromatic ring is 1. The number of nitrogens with zero attached hydrogens (tertiary/aromatic N) is 4. The van der Waals surface area contributed by atoms with E-state index in [1.807, 2.05) is 0 Å². The van der Waals surface area contributed by atoms with Crippen molar-refractivity contribution in [2.45, 2.75) is 25.0 Å². The number of anilines is 2. The van der Waals surface area contributed by atoms with Crippen molar-refractivity contribution in [3.8, 4) is 5.88 Å². The molecule has 4 heterocycles. The molecule has 4 rings (SSSR count). The fourth-order valence-electron chi connectivity index (χ4n) is 2.83. The lowest BCUT2D eigenvalue weighted by atomic mass is 10.0. The summed E-state index contributed by atoms with van der Waals surface area (Å²) in [4.78, 5) is 10.5. The van der Waals surface area contributed by atoms with Crippen LogP contribution in [-0.2, 0) is 0 Å². The van der Waals surface area contributed by atoms with Crippen LogP contribution in [0, 0.1) is 0 Å². The average molecular weight is 262 g/mol. The standard InChI is InChI=1S/C11H14N6O2/c12-11-13-8-7-9(14-11)17-3-6(18)2-1-5(17)4-19-10(7)16-15-8/h5-6,18H,1-4H2,(H3,12,13,14,15,16). The smallest absolute Gasteiger partial charge is 0.246 e. The van der Waals surface area contributed by atoms with Gasteiger partial charge in [0, 0.05) is 6.54 Å². The highest BCUT2D eigenvalue weighted by Gasteiger charge is 2.34. The predicted octanol–water partition coefficient (Wildman–Crippen LogP) is -0.343. The number of piperidine rings is 1. The molecule has 8 nitrogen and oxygen atoms in total. The Labute approximate surface area is 108 Å². The number of aliphatic hydroxyl groups is 1. The van der Waals surface area contributed by atoms with Crippen molar-refractivity contribution in [2.75, 3.05) is 23.8 Å². The minimum atomic E-state index is -0.351. The second-order valence-electron chi connectivity index (χ2n) is 5.01. The zero-order valence-corrected chi connectivity index (χ0v) is 10.2. The number of ether oxygens (including phenoxy) is 1. The first-order valence-corrected chi connectivity index (χ1v) is 6.31. The van der Waals surface area contributed by atoms with Gasteiger partial charge in [-0.1, -0.05) is 0 Å². The summed E-state index contributed by atoms with van der Waals surface area (Å²) in [7, 11) is 0. The minimum Gasteiger partial charge on any atom is -0.474 e. The fraction of sp³-hybridized carbons (Fsp3) is 0.545. The van der Waals surface area contributed by atoms with Gasteiger partial charge < -0.3 is 20.5 Å². The second kappa shape index (κ2) is 3.70. The third-order valence-electron chi connectivity index (χ3n) is 3.75. The summed E-state index contributed by atoms with van der Waals surface area (Å²) in [6.45, 7) is 1.06. The molecule has 2 aromatic rings. The molecular formula is C11H14N6O2. The van der Waals surface area contributed by atoms with Crippen LogP contribution in [-0.4, -0.2) is 50.6 Å². The maximum atomic E-state index is 9.88. The Morgan fingerprint density at radius 3 is 3.16 bits per heavy atom. The zero-order chi connectivity index (χ0) is 13.0. The second-order valence-corrected chi connectivity index (χ2v) is 5.01. The van der Waals surface area contributed by atoms with E-state index in [-0.39, 0.29) is 18.1 Å². The number of hydrogen-bond acceptors (Lipinski definition) is 7. The van der Waals surface area contributed by atoms with Crippen LogP contribution in [0.1, 0.15) is 12.8 Å². The lowest BCUT2D eigenvalue weighted by Crippen LogP contribution is -2.48. The predicted molar refractivity (Wildman–Crippen MR) is 68.0 cm³/mol. The number of nitrogens with two attached hydrogens (primary N) is 1. The third kappa shape index (κ3) is 1.53. The minimum absolute atomic E-state index is 0.190. The summed E-state index contributed by atoms with van der Waals surface area (Å²) in [6, 6.07) is 0.190. The van der Waals surface area contributed by atoms with E-state index >= 15 is 0 Å². The van der Waals surface area contributed by atoms with Gasteiger partial charge in [0.25, 0.3) is 0 Å². The number of hydrogen-bond donors (Lipinski definition) is 3. The molecule has 4 N–H and O–H groups in total.